The lowest BCUT2D eigenvalue weighted by atomic mass is 10.0. The van der Waals surface area contributed by atoms with Crippen LogP contribution in [-0.4, -0.2) is 197 Å². The van der Waals surface area contributed by atoms with Gasteiger partial charge in [-0.1, -0.05) is 86.1 Å². The van der Waals surface area contributed by atoms with Crippen LogP contribution in [0.4, 0.5) is 0 Å². The zero-order valence-corrected chi connectivity index (χ0v) is 62.2. The molecule has 0 fully saturated rings. The van der Waals surface area contributed by atoms with Crippen LogP contribution >= 0.6 is 0 Å². The van der Waals surface area contributed by atoms with E-state index in [9.17, 15) is 20.4 Å². The highest BCUT2D eigenvalue weighted by atomic mass is 28.4. The molecule has 0 saturated carbocycles. The van der Waals surface area contributed by atoms with Crippen molar-refractivity contribution in [2.75, 3.05) is 108 Å². The van der Waals surface area contributed by atoms with Crippen molar-refractivity contribution in [3.63, 3.8) is 0 Å². The topological polar surface area (TPSA) is 185 Å². The van der Waals surface area contributed by atoms with Crippen LogP contribution in [0.1, 0.15) is 177 Å². The van der Waals surface area contributed by atoms with Crippen molar-refractivity contribution < 1.29 is 71.6 Å². The van der Waals surface area contributed by atoms with E-state index in [4.69, 9.17) is 32.1 Å². The summed E-state index contributed by atoms with van der Waals surface area (Å²) in [5.74, 6) is 1.59. The highest BCUT2D eigenvalue weighted by Crippen LogP contribution is 2.26. The largest absolute Gasteiger partial charge is 0.455 e. The van der Waals surface area contributed by atoms with Gasteiger partial charge in [-0.3, -0.25) is 0 Å². The number of quaternary nitrogens is 1. The Bertz CT molecular complexity index is 1390. The first kappa shape index (κ1) is 89.2. The molecule has 5 N–H and O–H groups in total. The van der Waals surface area contributed by atoms with Crippen LogP contribution in [0.25, 0.3) is 0 Å². The van der Waals surface area contributed by atoms with Crippen LogP contribution in [0.15, 0.2) is 12.3 Å². The van der Waals surface area contributed by atoms with E-state index in [1.165, 1.54) is 78.4 Å². The Kier molecular flexibility index (Phi) is 61.3. The monoisotopic (exact) mass is 1260 g/mol. The summed E-state index contributed by atoms with van der Waals surface area (Å²) < 4.78 is 37.5. The number of aliphatic hydroxyl groups excluding tert-OH is 4. The maximum absolute atomic E-state index is 10.6. The van der Waals surface area contributed by atoms with Crippen molar-refractivity contribution in [1.29, 1.82) is 0 Å². The Balaban J connectivity index is -0.00000107. The number of likely N-dealkylation sites (N-methyl/N-ethyl adjacent to an activating group) is 1. The first-order valence-corrected chi connectivity index (χ1v) is 45.4. The van der Waals surface area contributed by atoms with Gasteiger partial charge in [-0.25, -0.2) is 9.78 Å². The molecule has 16 nitrogen and oxygen atoms in total. The first-order chi connectivity index (χ1) is 39.0. The van der Waals surface area contributed by atoms with Crippen LogP contribution in [0.3, 0.4) is 0 Å². The normalized spacial score (nSPS) is 13.9. The zero-order valence-electron chi connectivity index (χ0n) is 58.2. The van der Waals surface area contributed by atoms with E-state index in [1.807, 2.05) is 41.7 Å². The van der Waals surface area contributed by atoms with E-state index >= 15 is 0 Å². The number of rotatable bonds is 55. The fraction of sp³-hybridized carbons (Fsp3) is 0.968. The zero-order chi connectivity index (χ0) is 64.1. The Hall–Kier alpha value is -0.192. The second-order valence-corrected chi connectivity index (χ2v) is 44.1. The van der Waals surface area contributed by atoms with Gasteiger partial charge in [0, 0.05) is 32.8 Å². The lowest BCUT2D eigenvalue weighted by Crippen LogP contribution is -2.47. The van der Waals surface area contributed by atoms with Crippen LogP contribution in [0, 0.1) is 5.92 Å². The van der Waals surface area contributed by atoms with Crippen LogP contribution in [0.5, 0.6) is 0 Å². The fourth-order valence-corrected chi connectivity index (χ4v) is 27.3. The molecule has 0 aliphatic heterocycles. The minimum atomic E-state index is -1.85. The molecule has 4 unspecified atom stereocenters. The number of hydrogen-bond donors (Lipinski definition) is 5. The second kappa shape index (κ2) is 57.0. The average molecular weight is 1270 g/mol. The minimum absolute atomic E-state index is 0.176. The molecule has 20 heteroatoms. The van der Waals surface area contributed by atoms with Gasteiger partial charge in [0.2, 0.25) is 0 Å². The van der Waals surface area contributed by atoms with Gasteiger partial charge < -0.3 is 62.3 Å². The SMILES string of the molecule is C=C(CCCCCCCCC(C)C)OOC.CC.CCC(O)COCCC[Si](C)(C)O[Si](C)(C)CCCOCC(O)CCCC(O)COCCC[Si](C)(C)O[Si](C)(C)CCCOCC(O)C[N+](C)(C)CCCCCCNC.COOC(C)C. The lowest BCUT2D eigenvalue weighted by Gasteiger charge is -2.34. The number of hydrogen-bond acceptors (Lipinski definition) is 15. The number of nitrogens with zero attached hydrogens (tertiary/aromatic N) is 1. The Morgan fingerprint density at radius 1 is 0.494 bits per heavy atom. The third kappa shape index (κ3) is 69.1. The molecule has 0 radical (unpaired) electrons. The molecule has 0 aliphatic carbocycles. The summed E-state index contributed by atoms with van der Waals surface area (Å²) in [6.45, 7) is 43.3. The number of aliphatic hydroxyl groups is 4. The van der Waals surface area contributed by atoms with Gasteiger partial charge in [0.05, 0.1) is 85.7 Å². The molecule has 0 aromatic heterocycles. The number of unbranched alkanes of at least 4 members (excludes halogenated alkanes) is 8. The van der Waals surface area contributed by atoms with Gasteiger partial charge in [-0.2, -0.15) is 4.89 Å². The van der Waals surface area contributed by atoms with E-state index < -0.39 is 51.6 Å². The molecule has 0 heterocycles. The average Bonchev–Trinajstić information content (AvgIpc) is 3.38. The van der Waals surface area contributed by atoms with E-state index in [2.05, 4.69) is 107 Å². The molecular weight excluding hydrogens is 1120 g/mol. The maximum Gasteiger partial charge on any atom is 0.173 e. The van der Waals surface area contributed by atoms with Crippen molar-refractivity contribution in [3.8, 4) is 0 Å². The van der Waals surface area contributed by atoms with Gasteiger partial charge in [0.25, 0.3) is 0 Å². The summed E-state index contributed by atoms with van der Waals surface area (Å²) in [5.41, 5.74) is 0. The van der Waals surface area contributed by atoms with Crippen LogP contribution in [-0.2, 0) is 46.7 Å². The highest BCUT2D eigenvalue weighted by Gasteiger charge is 2.34. The first-order valence-electron chi connectivity index (χ1n) is 32.9. The lowest BCUT2D eigenvalue weighted by molar-refractivity contribution is -0.893. The predicted octanol–water partition coefficient (Wildman–Crippen LogP) is 14.2. The molecule has 504 valence electrons. The molecule has 0 aromatic rings. The number of ether oxygens (including phenoxy) is 4. The summed E-state index contributed by atoms with van der Waals surface area (Å²) in [4.78, 5) is 18.2. The second-order valence-electron chi connectivity index (χ2n) is 26.4. The highest BCUT2D eigenvalue weighted by molar-refractivity contribution is 6.85. The fourth-order valence-electron chi connectivity index (χ4n) is 9.69. The molecule has 0 amide bonds. The molecule has 0 saturated heterocycles. The molecular formula is C63H143N2O14Si4+. The van der Waals surface area contributed by atoms with Crippen molar-refractivity contribution in [2.24, 2.45) is 5.92 Å². The van der Waals surface area contributed by atoms with Gasteiger partial charge in [-0.05, 0) is 187 Å². The predicted molar refractivity (Wildman–Crippen MR) is 359 cm³/mol. The van der Waals surface area contributed by atoms with Gasteiger partial charge in [-0.15, -0.1) is 0 Å². The third-order valence-electron chi connectivity index (χ3n) is 13.8. The minimum Gasteiger partial charge on any atom is -0.455 e. The van der Waals surface area contributed by atoms with Crippen molar-refractivity contribution in [1.82, 2.24) is 5.32 Å². The Morgan fingerprint density at radius 3 is 1.25 bits per heavy atom. The van der Waals surface area contributed by atoms with E-state index in [-0.39, 0.29) is 12.2 Å². The standard InChI is InChI=1S/C43H99N2O10Si4.C14H28O2.C4H10O2.C2H6/c1-13-40(46)36-50-27-19-31-56(5,6)54-57(7,8)32-20-28-51-37-41(47)23-18-24-42(48)38-52-29-21-33-58(9,10)55-59(11,12)34-22-30-53-39-43(49)35-45(3,4)26-17-15-14-16-25-44-2;1-13(2)11-9-7-5-6-8-10-12-14(3)16-15-4;1-4(2)6-5-3;1-2/h40-44,46-49H,13-39H2,1-12H3;13H,3,5-12H2,1-2,4H3;4H,1-3H3;1-2H3/q+1;;;. The Morgan fingerprint density at radius 2 is 0.880 bits per heavy atom. The smallest absolute Gasteiger partial charge is 0.173 e. The third-order valence-corrected chi connectivity index (χ3v) is 28.9. The molecule has 0 rings (SSSR count). The molecule has 0 spiro atoms. The molecule has 0 bridgehead atoms. The van der Waals surface area contributed by atoms with Crippen molar-refractivity contribution >= 4 is 33.3 Å². The van der Waals surface area contributed by atoms with E-state index in [0.717, 1.165) is 105 Å². The summed E-state index contributed by atoms with van der Waals surface area (Å²) >= 11 is 0. The van der Waals surface area contributed by atoms with Crippen LogP contribution in [0.2, 0.25) is 76.6 Å². The number of allylic oxidation sites excluding steroid dienone is 1. The van der Waals surface area contributed by atoms with Crippen LogP contribution < -0.4 is 5.32 Å². The van der Waals surface area contributed by atoms with E-state index in [1.54, 1.807) is 0 Å². The van der Waals surface area contributed by atoms with E-state index in [0.29, 0.717) is 72.2 Å². The summed E-state index contributed by atoms with van der Waals surface area (Å²) in [6, 6.07) is 4.14. The van der Waals surface area contributed by atoms with Crippen molar-refractivity contribution in [2.45, 2.75) is 284 Å². The van der Waals surface area contributed by atoms with Gasteiger partial charge >= 0.3 is 0 Å². The Labute approximate surface area is 517 Å². The molecule has 4 atom stereocenters. The molecule has 0 aliphatic rings. The van der Waals surface area contributed by atoms with Gasteiger partial charge in [0.1, 0.15) is 18.4 Å². The maximum atomic E-state index is 10.6. The van der Waals surface area contributed by atoms with Crippen molar-refractivity contribution in [3.05, 3.63) is 12.3 Å². The summed E-state index contributed by atoms with van der Waals surface area (Å²) in [7, 11) is 2.13. The number of nitrogens with one attached hydrogen (secondary N) is 1. The quantitative estimate of drug-likeness (QED) is 0.00967. The summed E-state index contributed by atoms with van der Waals surface area (Å²) in [6.07, 6.45) is 19.8. The summed E-state index contributed by atoms with van der Waals surface area (Å²) in [5, 5.41) is 44.3. The molecule has 83 heavy (non-hydrogen) atoms. The van der Waals surface area contributed by atoms with Gasteiger partial charge in [0.15, 0.2) is 33.3 Å². The molecule has 0 aromatic carbocycles.